The highest BCUT2D eigenvalue weighted by Crippen LogP contribution is 2.26. The lowest BCUT2D eigenvalue weighted by molar-refractivity contribution is 0.112. The van der Waals surface area contributed by atoms with Crippen molar-refractivity contribution in [3.05, 3.63) is 58.7 Å². The molecule has 0 unspecified atom stereocenters. The van der Waals surface area contributed by atoms with E-state index in [2.05, 4.69) is 31.2 Å². The molecular weight excluding hydrogens is 208 g/mol. The normalized spacial score (nSPS) is 10.3. The van der Waals surface area contributed by atoms with Gasteiger partial charge in [0.05, 0.1) is 0 Å². The van der Waals surface area contributed by atoms with E-state index in [1.54, 1.807) is 0 Å². The largest absolute Gasteiger partial charge is 0.298 e. The van der Waals surface area contributed by atoms with Crippen molar-refractivity contribution in [1.82, 2.24) is 0 Å². The monoisotopic (exact) mass is 224 g/mol. The predicted octanol–water partition coefficient (Wildman–Crippen LogP) is 4.09. The number of rotatable bonds is 2. The first-order valence-corrected chi connectivity index (χ1v) is 5.76. The van der Waals surface area contributed by atoms with Gasteiger partial charge < -0.3 is 0 Å². The minimum atomic E-state index is 0.808. The third-order valence-corrected chi connectivity index (χ3v) is 3.17. The zero-order valence-corrected chi connectivity index (χ0v) is 10.4. The van der Waals surface area contributed by atoms with E-state index in [1.165, 1.54) is 16.7 Å². The zero-order valence-electron chi connectivity index (χ0n) is 10.4. The Kier molecular flexibility index (Phi) is 3.10. The summed E-state index contributed by atoms with van der Waals surface area (Å²) in [6.07, 6.45) is 0.937. The maximum absolute atomic E-state index is 11.0. The summed E-state index contributed by atoms with van der Waals surface area (Å²) in [5.41, 5.74) is 6.56. The van der Waals surface area contributed by atoms with Crippen LogP contribution in [0.3, 0.4) is 0 Å². The van der Waals surface area contributed by atoms with Crippen molar-refractivity contribution in [2.24, 2.45) is 0 Å². The Morgan fingerprint density at radius 1 is 0.882 bits per heavy atom. The first-order valence-electron chi connectivity index (χ1n) is 5.76. The fourth-order valence-electron chi connectivity index (χ4n) is 2.21. The summed E-state index contributed by atoms with van der Waals surface area (Å²) < 4.78 is 0. The summed E-state index contributed by atoms with van der Waals surface area (Å²) >= 11 is 0. The quantitative estimate of drug-likeness (QED) is 0.702. The van der Waals surface area contributed by atoms with Gasteiger partial charge in [0, 0.05) is 5.56 Å². The van der Waals surface area contributed by atoms with Gasteiger partial charge in [0.2, 0.25) is 0 Å². The van der Waals surface area contributed by atoms with Gasteiger partial charge in [0.1, 0.15) is 0 Å². The molecule has 1 nitrogen and oxygen atoms in total. The number of carbonyl (C=O) groups is 1. The maximum Gasteiger partial charge on any atom is 0.150 e. The van der Waals surface area contributed by atoms with Gasteiger partial charge in [-0.25, -0.2) is 0 Å². The third-order valence-electron chi connectivity index (χ3n) is 3.17. The van der Waals surface area contributed by atoms with E-state index in [4.69, 9.17) is 0 Å². The Hall–Kier alpha value is -1.89. The molecule has 0 radical (unpaired) electrons. The first-order chi connectivity index (χ1) is 8.13. The first kappa shape index (κ1) is 11.6. The van der Waals surface area contributed by atoms with Crippen LogP contribution in [-0.2, 0) is 0 Å². The molecule has 0 aliphatic carbocycles. The van der Waals surface area contributed by atoms with Crippen LogP contribution in [0.4, 0.5) is 0 Å². The molecule has 0 fully saturated rings. The van der Waals surface area contributed by atoms with Crippen LogP contribution < -0.4 is 0 Å². The van der Waals surface area contributed by atoms with Crippen molar-refractivity contribution in [2.45, 2.75) is 20.8 Å². The van der Waals surface area contributed by atoms with Crippen molar-refractivity contribution in [2.75, 3.05) is 0 Å². The highest BCUT2D eigenvalue weighted by Gasteiger charge is 2.07. The van der Waals surface area contributed by atoms with Crippen molar-refractivity contribution in [3.8, 4) is 11.1 Å². The van der Waals surface area contributed by atoms with Gasteiger partial charge in [0.25, 0.3) is 0 Å². The second-order valence-electron chi connectivity index (χ2n) is 4.46. The van der Waals surface area contributed by atoms with Gasteiger partial charge in [-0.15, -0.1) is 0 Å². The fourth-order valence-corrected chi connectivity index (χ4v) is 2.21. The molecule has 2 aromatic rings. The molecule has 17 heavy (non-hydrogen) atoms. The summed E-state index contributed by atoms with van der Waals surface area (Å²) in [5, 5.41) is 0. The third kappa shape index (κ3) is 2.14. The number of hydrogen-bond acceptors (Lipinski definition) is 1. The van der Waals surface area contributed by atoms with Crippen molar-refractivity contribution >= 4 is 6.29 Å². The van der Waals surface area contributed by atoms with Crippen molar-refractivity contribution in [3.63, 3.8) is 0 Å². The van der Waals surface area contributed by atoms with Crippen LogP contribution in [0.2, 0.25) is 0 Å². The number of carbonyl (C=O) groups excluding carboxylic acids is 1. The number of aldehydes is 1. The zero-order chi connectivity index (χ0) is 12.4. The van der Waals surface area contributed by atoms with E-state index in [-0.39, 0.29) is 0 Å². The van der Waals surface area contributed by atoms with Crippen LogP contribution in [0.15, 0.2) is 36.4 Å². The maximum atomic E-state index is 11.0. The second-order valence-corrected chi connectivity index (χ2v) is 4.46. The van der Waals surface area contributed by atoms with Crippen LogP contribution in [0.5, 0.6) is 0 Å². The Morgan fingerprint density at radius 2 is 1.47 bits per heavy atom. The van der Waals surface area contributed by atoms with Gasteiger partial charge in [-0.1, -0.05) is 36.4 Å². The van der Waals surface area contributed by atoms with Gasteiger partial charge in [-0.05, 0) is 48.6 Å². The molecule has 0 saturated carbocycles. The summed E-state index contributed by atoms with van der Waals surface area (Å²) in [6.45, 7) is 6.07. The molecule has 0 bridgehead atoms. The van der Waals surface area contributed by atoms with Gasteiger partial charge in [-0.2, -0.15) is 0 Å². The van der Waals surface area contributed by atoms with Gasteiger partial charge >= 0.3 is 0 Å². The van der Waals surface area contributed by atoms with Crippen molar-refractivity contribution < 1.29 is 4.79 Å². The molecule has 0 heterocycles. The fraction of sp³-hybridized carbons (Fsp3) is 0.188. The molecule has 0 saturated heterocycles. The van der Waals surface area contributed by atoms with Crippen molar-refractivity contribution in [1.29, 1.82) is 0 Å². The number of benzene rings is 2. The van der Waals surface area contributed by atoms with Crippen LogP contribution >= 0.6 is 0 Å². The number of hydrogen-bond donors (Lipinski definition) is 0. The molecule has 0 aliphatic heterocycles. The molecule has 2 aromatic carbocycles. The standard InChI is InChI=1S/C16H16O/c1-11-6-4-5-7-15(11)14-8-12(2)16(10-17)13(3)9-14/h4-10H,1-3H3. The minimum Gasteiger partial charge on any atom is -0.298 e. The molecule has 0 spiro atoms. The lowest BCUT2D eigenvalue weighted by Gasteiger charge is -2.10. The highest BCUT2D eigenvalue weighted by atomic mass is 16.1. The summed E-state index contributed by atoms with van der Waals surface area (Å²) in [6, 6.07) is 12.5. The Morgan fingerprint density at radius 3 is 2.00 bits per heavy atom. The van der Waals surface area contributed by atoms with Gasteiger partial charge in [-0.3, -0.25) is 4.79 Å². The van der Waals surface area contributed by atoms with E-state index in [0.717, 1.165) is 23.0 Å². The lowest BCUT2D eigenvalue weighted by atomic mass is 9.94. The van der Waals surface area contributed by atoms with Crippen LogP contribution in [0.25, 0.3) is 11.1 Å². The molecule has 0 N–H and O–H groups in total. The molecule has 0 aliphatic rings. The summed E-state index contributed by atoms with van der Waals surface area (Å²) in [4.78, 5) is 11.0. The number of aryl methyl sites for hydroxylation is 3. The van der Waals surface area contributed by atoms with E-state index in [0.29, 0.717) is 0 Å². The lowest BCUT2D eigenvalue weighted by Crippen LogP contribution is -1.93. The molecule has 0 amide bonds. The average Bonchev–Trinajstić information content (AvgIpc) is 2.29. The average molecular weight is 224 g/mol. The minimum absolute atomic E-state index is 0.808. The van der Waals surface area contributed by atoms with Crippen LogP contribution in [0, 0.1) is 20.8 Å². The molecule has 0 atom stereocenters. The Labute approximate surface area is 102 Å². The smallest absolute Gasteiger partial charge is 0.150 e. The van der Waals surface area contributed by atoms with Crippen LogP contribution in [0.1, 0.15) is 27.0 Å². The molecule has 86 valence electrons. The van der Waals surface area contributed by atoms with Crippen LogP contribution in [-0.4, -0.2) is 6.29 Å². The SMILES string of the molecule is Cc1ccccc1-c1cc(C)c(C=O)c(C)c1. The topological polar surface area (TPSA) is 17.1 Å². The molecular formula is C16H16O. The summed E-state index contributed by atoms with van der Waals surface area (Å²) in [7, 11) is 0. The van der Waals surface area contributed by atoms with Gasteiger partial charge in [0.15, 0.2) is 6.29 Å². The van der Waals surface area contributed by atoms with E-state index < -0.39 is 0 Å². The Balaban J connectivity index is 2.62. The van der Waals surface area contributed by atoms with E-state index in [9.17, 15) is 4.79 Å². The van der Waals surface area contributed by atoms with E-state index >= 15 is 0 Å². The Bertz CT molecular complexity index is 544. The highest BCUT2D eigenvalue weighted by molar-refractivity contribution is 5.82. The predicted molar refractivity (Wildman–Crippen MR) is 71.5 cm³/mol. The molecule has 2 rings (SSSR count). The second kappa shape index (κ2) is 4.54. The van der Waals surface area contributed by atoms with E-state index in [1.807, 2.05) is 26.0 Å². The summed E-state index contributed by atoms with van der Waals surface area (Å²) in [5.74, 6) is 0. The molecule has 0 aromatic heterocycles. The molecule has 1 heteroatoms.